The van der Waals surface area contributed by atoms with Crippen molar-refractivity contribution in [3.05, 3.63) is 17.5 Å². The molecule has 0 spiro atoms. The highest BCUT2D eigenvalue weighted by molar-refractivity contribution is 5.88. The molecule has 9 heteroatoms. The predicted octanol–water partition coefficient (Wildman–Crippen LogP) is 1.58. The molecule has 142 valence electrons. The van der Waals surface area contributed by atoms with Gasteiger partial charge in [-0.1, -0.05) is 12.1 Å². The first-order chi connectivity index (χ1) is 12.7. The molecule has 0 radical (unpaired) electrons. The zero-order chi connectivity index (χ0) is 18.4. The molecular weight excluding hydrogens is 334 g/mol. The van der Waals surface area contributed by atoms with Crippen molar-refractivity contribution in [2.45, 2.75) is 57.8 Å². The fraction of sp³-hybridized carbons (Fsp3) is 0.706. The minimum absolute atomic E-state index is 0.0781. The minimum atomic E-state index is -0.0781. The lowest BCUT2D eigenvalue weighted by molar-refractivity contribution is -0.116. The average Bonchev–Trinajstić information content (AvgIpc) is 3.23. The maximum atomic E-state index is 12.2. The molecule has 26 heavy (non-hydrogen) atoms. The van der Waals surface area contributed by atoms with Gasteiger partial charge in [0, 0.05) is 32.2 Å². The van der Waals surface area contributed by atoms with Crippen LogP contribution in [0.5, 0.6) is 0 Å². The number of carbonyl (C=O) groups excluding carboxylic acids is 1. The molecule has 0 bridgehead atoms. The van der Waals surface area contributed by atoms with Crippen LogP contribution in [0.25, 0.3) is 0 Å². The predicted molar refractivity (Wildman–Crippen MR) is 95.7 cm³/mol. The van der Waals surface area contributed by atoms with Crippen LogP contribution in [0.2, 0.25) is 0 Å². The third-order valence-corrected chi connectivity index (χ3v) is 4.51. The van der Waals surface area contributed by atoms with E-state index >= 15 is 0 Å². The number of nitrogens with one attached hydrogen (secondary N) is 2. The van der Waals surface area contributed by atoms with Crippen molar-refractivity contribution >= 4 is 11.9 Å². The number of nitrogens with zero attached hydrogens (tertiary/aromatic N) is 5. The third kappa shape index (κ3) is 4.87. The summed E-state index contributed by atoms with van der Waals surface area (Å²) in [5.41, 5.74) is 0. The smallest absolute Gasteiger partial charge is 0.227 e. The molecular formula is C17H27N7O2. The number of hydrogen-bond acceptors (Lipinski definition) is 7. The van der Waals surface area contributed by atoms with Gasteiger partial charge in [-0.15, -0.1) is 0 Å². The first-order valence-corrected chi connectivity index (χ1v) is 9.38. The molecule has 1 aliphatic rings. The zero-order valence-electron chi connectivity index (χ0n) is 15.5. The standard InChI is InChI=1S/C17H27N7O2/c1-3-5-13-19-15(26-23-13)7-4-6-14(25)20-17-21-16(22-24(17)2)12-8-10-18-11-9-12/h12,18H,3-11H2,1-2H3,(H,20,21,22,25). The Morgan fingerprint density at radius 2 is 2.12 bits per heavy atom. The Morgan fingerprint density at radius 3 is 2.88 bits per heavy atom. The molecule has 9 nitrogen and oxygen atoms in total. The number of amides is 1. The summed E-state index contributed by atoms with van der Waals surface area (Å²) in [6.45, 7) is 4.05. The summed E-state index contributed by atoms with van der Waals surface area (Å²) in [5, 5.41) is 14.6. The number of rotatable bonds is 8. The van der Waals surface area contributed by atoms with E-state index in [1.807, 2.05) is 0 Å². The van der Waals surface area contributed by atoms with Crippen molar-refractivity contribution in [3.8, 4) is 0 Å². The van der Waals surface area contributed by atoms with Crippen molar-refractivity contribution in [1.82, 2.24) is 30.2 Å². The van der Waals surface area contributed by atoms with Gasteiger partial charge >= 0.3 is 0 Å². The van der Waals surface area contributed by atoms with Gasteiger partial charge in [0.1, 0.15) is 0 Å². The number of hydrogen-bond donors (Lipinski definition) is 2. The molecule has 3 heterocycles. The average molecular weight is 361 g/mol. The summed E-state index contributed by atoms with van der Waals surface area (Å²) in [4.78, 5) is 21.0. The molecule has 1 aliphatic heterocycles. The van der Waals surface area contributed by atoms with Gasteiger partial charge < -0.3 is 9.84 Å². The first kappa shape index (κ1) is 18.5. The number of anilines is 1. The van der Waals surface area contributed by atoms with Crippen LogP contribution in [0.15, 0.2) is 4.52 Å². The highest BCUT2D eigenvalue weighted by atomic mass is 16.5. The summed E-state index contributed by atoms with van der Waals surface area (Å²) in [7, 11) is 1.81. The number of aromatic nitrogens is 5. The largest absolute Gasteiger partial charge is 0.339 e. The molecule has 2 N–H and O–H groups in total. The first-order valence-electron chi connectivity index (χ1n) is 9.38. The van der Waals surface area contributed by atoms with Crippen LogP contribution in [-0.2, 0) is 24.7 Å². The molecule has 2 aromatic heterocycles. The van der Waals surface area contributed by atoms with E-state index < -0.39 is 0 Å². The fourth-order valence-corrected chi connectivity index (χ4v) is 3.07. The summed E-state index contributed by atoms with van der Waals surface area (Å²) in [6.07, 6.45) is 5.49. The number of aryl methyl sites for hydroxylation is 3. The highest BCUT2D eigenvalue weighted by Crippen LogP contribution is 2.23. The Kier molecular flexibility index (Phi) is 6.32. The van der Waals surface area contributed by atoms with E-state index in [1.165, 1.54) is 0 Å². The van der Waals surface area contributed by atoms with E-state index in [0.29, 0.717) is 37.0 Å². The molecule has 0 unspecified atom stereocenters. The second-order valence-corrected chi connectivity index (χ2v) is 6.70. The van der Waals surface area contributed by atoms with Crippen molar-refractivity contribution in [1.29, 1.82) is 0 Å². The zero-order valence-corrected chi connectivity index (χ0v) is 15.5. The monoisotopic (exact) mass is 361 g/mol. The van der Waals surface area contributed by atoms with E-state index in [4.69, 9.17) is 4.52 Å². The fourth-order valence-electron chi connectivity index (χ4n) is 3.07. The lowest BCUT2D eigenvalue weighted by Crippen LogP contribution is -2.27. The number of carbonyl (C=O) groups is 1. The topological polar surface area (TPSA) is 111 Å². The van der Waals surface area contributed by atoms with E-state index in [0.717, 1.165) is 50.4 Å². The Bertz CT molecular complexity index is 719. The van der Waals surface area contributed by atoms with Gasteiger partial charge in [0.05, 0.1) is 0 Å². The molecule has 0 atom stereocenters. The molecule has 1 saturated heterocycles. The van der Waals surface area contributed by atoms with E-state index in [2.05, 4.69) is 37.8 Å². The van der Waals surface area contributed by atoms with Gasteiger partial charge in [-0.25, -0.2) is 4.68 Å². The maximum Gasteiger partial charge on any atom is 0.227 e. The van der Waals surface area contributed by atoms with Gasteiger partial charge in [-0.2, -0.15) is 15.1 Å². The van der Waals surface area contributed by atoms with Crippen LogP contribution in [0.1, 0.15) is 62.5 Å². The van der Waals surface area contributed by atoms with E-state index in [1.54, 1.807) is 11.7 Å². The molecule has 0 saturated carbocycles. The van der Waals surface area contributed by atoms with E-state index in [-0.39, 0.29) is 5.91 Å². The molecule has 2 aromatic rings. The van der Waals surface area contributed by atoms with Gasteiger partial charge in [-0.3, -0.25) is 10.1 Å². The molecule has 1 amide bonds. The van der Waals surface area contributed by atoms with Gasteiger partial charge in [0.15, 0.2) is 11.6 Å². The SMILES string of the molecule is CCCc1noc(CCCC(=O)Nc2nc(C3CCNCC3)nn2C)n1. The summed E-state index contributed by atoms with van der Waals surface area (Å²) in [5.74, 6) is 2.93. The Hall–Kier alpha value is -2.29. The lowest BCUT2D eigenvalue weighted by atomic mass is 9.98. The summed E-state index contributed by atoms with van der Waals surface area (Å²) in [6, 6.07) is 0. The second kappa shape index (κ2) is 8.88. The Morgan fingerprint density at radius 1 is 1.31 bits per heavy atom. The minimum Gasteiger partial charge on any atom is -0.339 e. The Labute approximate surface area is 153 Å². The molecule has 1 fully saturated rings. The molecule has 0 aliphatic carbocycles. The molecule has 3 rings (SSSR count). The van der Waals surface area contributed by atoms with Crippen LogP contribution in [0, 0.1) is 0 Å². The quantitative estimate of drug-likeness (QED) is 0.734. The van der Waals surface area contributed by atoms with Crippen molar-refractivity contribution in [3.63, 3.8) is 0 Å². The van der Waals surface area contributed by atoms with Crippen LogP contribution in [0.4, 0.5) is 5.95 Å². The van der Waals surface area contributed by atoms with Crippen LogP contribution in [-0.4, -0.2) is 43.9 Å². The van der Waals surface area contributed by atoms with Crippen molar-refractivity contribution < 1.29 is 9.32 Å². The summed E-state index contributed by atoms with van der Waals surface area (Å²) < 4.78 is 6.83. The van der Waals surface area contributed by atoms with Crippen LogP contribution in [0.3, 0.4) is 0 Å². The van der Waals surface area contributed by atoms with Crippen molar-refractivity contribution in [2.75, 3.05) is 18.4 Å². The Balaban J connectivity index is 1.46. The van der Waals surface area contributed by atoms with Gasteiger partial charge in [-0.05, 0) is 38.8 Å². The summed E-state index contributed by atoms with van der Waals surface area (Å²) >= 11 is 0. The van der Waals surface area contributed by atoms with Gasteiger partial charge in [0.25, 0.3) is 0 Å². The lowest BCUT2D eigenvalue weighted by Gasteiger charge is -2.19. The van der Waals surface area contributed by atoms with Crippen molar-refractivity contribution in [2.24, 2.45) is 7.05 Å². The normalized spacial score (nSPS) is 15.3. The second-order valence-electron chi connectivity index (χ2n) is 6.70. The van der Waals surface area contributed by atoms with Crippen LogP contribution >= 0.6 is 0 Å². The molecule has 0 aromatic carbocycles. The maximum absolute atomic E-state index is 12.2. The number of piperidine rings is 1. The third-order valence-electron chi connectivity index (χ3n) is 4.51. The van der Waals surface area contributed by atoms with E-state index in [9.17, 15) is 4.79 Å². The van der Waals surface area contributed by atoms with Gasteiger partial charge in [0.2, 0.25) is 17.7 Å². The highest BCUT2D eigenvalue weighted by Gasteiger charge is 2.21. The van der Waals surface area contributed by atoms with Crippen LogP contribution < -0.4 is 10.6 Å².